The Morgan fingerprint density at radius 1 is 1.40 bits per heavy atom. The minimum absolute atomic E-state index is 1.01. The van der Waals surface area contributed by atoms with Crippen LogP contribution in [0.5, 0.6) is 0 Å². The number of hydrogen-bond acceptors (Lipinski definition) is 3. The van der Waals surface area contributed by atoms with E-state index >= 15 is 0 Å². The summed E-state index contributed by atoms with van der Waals surface area (Å²) in [6.07, 6.45) is 4.68. The van der Waals surface area contributed by atoms with Crippen molar-refractivity contribution in [3.05, 3.63) is 41.7 Å². The van der Waals surface area contributed by atoms with Gasteiger partial charge in [0.1, 0.15) is 6.26 Å². The fourth-order valence-electron chi connectivity index (χ4n) is 1.38. The summed E-state index contributed by atoms with van der Waals surface area (Å²) in [5.74, 6) is 0. The van der Waals surface area contributed by atoms with Crippen LogP contribution in [0.1, 0.15) is 18.1 Å². The van der Waals surface area contributed by atoms with E-state index in [9.17, 15) is 0 Å². The third-order valence-corrected chi connectivity index (χ3v) is 2.89. The van der Waals surface area contributed by atoms with Gasteiger partial charge in [-0.2, -0.15) is 4.89 Å². The summed E-state index contributed by atoms with van der Waals surface area (Å²) >= 11 is 1.65. The van der Waals surface area contributed by atoms with E-state index in [-0.39, 0.29) is 0 Å². The van der Waals surface area contributed by atoms with E-state index in [1.54, 1.807) is 18.0 Å². The van der Waals surface area contributed by atoms with E-state index in [0.29, 0.717) is 0 Å². The Balaban J connectivity index is 3.00. The predicted molar refractivity (Wildman–Crippen MR) is 65.4 cm³/mol. The van der Waals surface area contributed by atoms with Crippen molar-refractivity contribution in [2.45, 2.75) is 13.3 Å². The molecule has 2 nitrogen and oxygen atoms in total. The van der Waals surface area contributed by atoms with Crippen LogP contribution in [0.4, 0.5) is 0 Å². The average molecular weight is 224 g/mol. The Hall–Kier alpha value is -0.930. The maximum absolute atomic E-state index is 4.86. The summed E-state index contributed by atoms with van der Waals surface area (Å²) in [6.45, 7) is 2.15. The molecule has 1 rings (SSSR count). The van der Waals surface area contributed by atoms with Crippen molar-refractivity contribution in [2.24, 2.45) is 0 Å². The van der Waals surface area contributed by atoms with Gasteiger partial charge < -0.3 is 4.89 Å². The number of benzene rings is 1. The molecule has 0 aliphatic heterocycles. The second kappa shape index (κ2) is 6.53. The SMILES string of the molecule is CCc1ccccc1/C(=C\OOC)SC. The highest BCUT2D eigenvalue weighted by Gasteiger charge is 2.05. The zero-order valence-corrected chi connectivity index (χ0v) is 10.1. The highest BCUT2D eigenvalue weighted by Crippen LogP contribution is 2.28. The molecule has 0 atom stereocenters. The van der Waals surface area contributed by atoms with Gasteiger partial charge in [-0.3, -0.25) is 0 Å². The molecule has 0 heterocycles. The maximum Gasteiger partial charge on any atom is 0.143 e. The first kappa shape index (κ1) is 12.1. The first-order chi connectivity index (χ1) is 7.33. The number of thioether (sulfide) groups is 1. The number of hydrogen-bond donors (Lipinski definition) is 0. The van der Waals surface area contributed by atoms with Crippen molar-refractivity contribution in [1.82, 2.24) is 0 Å². The van der Waals surface area contributed by atoms with Gasteiger partial charge in [-0.05, 0) is 23.8 Å². The summed E-state index contributed by atoms with van der Waals surface area (Å²) < 4.78 is 0. The van der Waals surface area contributed by atoms with Crippen LogP contribution in [-0.2, 0) is 16.2 Å². The van der Waals surface area contributed by atoms with Gasteiger partial charge in [0, 0.05) is 0 Å². The van der Waals surface area contributed by atoms with Gasteiger partial charge in [0.2, 0.25) is 0 Å². The minimum Gasteiger partial charge on any atom is -0.345 e. The largest absolute Gasteiger partial charge is 0.345 e. The van der Waals surface area contributed by atoms with Crippen LogP contribution >= 0.6 is 11.8 Å². The predicted octanol–water partition coefficient (Wildman–Crippen LogP) is 3.49. The van der Waals surface area contributed by atoms with Gasteiger partial charge in [-0.25, -0.2) is 0 Å². The molecule has 0 bridgehead atoms. The summed E-state index contributed by atoms with van der Waals surface area (Å²) in [6, 6.07) is 8.31. The third kappa shape index (κ3) is 3.29. The zero-order chi connectivity index (χ0) is 11.1. The molecule has 82 valence electrons. The Kier molecular flexibility index (Phi) is 5.29. The lowest BCUT2D eigenvalue weighted by molar-refractivity contribution is -0.221. The van der Waals surface area contributed by atoms with E-state index in [4.69, 9.17) is 4.89 Å². The van der Waals surface area contributed by atoms with Gasteiger partial charge in [-0.15, -0.1) is 11.8 Å². The standard InChI is InChI=1S/C12H16O2S/c1-4-10-7-5-6-8-11(10)12(15-3)9-14-13-2/h5-9H,4H2,1-3H3/b12-9+. The van der Waals surface area contributed by atoms with E-state index in [1.165, 1.54) is 18.2 Å². The molecule has 0 unspecified atom stereocenters. The normalized spacial score (nSPS) is 11.5. The lowest BCUT2D eigenvalue weighted by Gasteiger charge is -2.09. The molecule has 3 heteroatoms. The van der Waals surface area contributed by atoms with Gasteiger partial charge in [0.25, 0.3) is 0 Å². The Labute approximate surface area is 95.2 Å². The minimum atomic E-state index is 1.01. The zero-order valence-electron chi connectivity index (χ0n) is 9.32. The van der Waals surface area contributed by atoms with Crippen LogP contribution in [0, 0.1) is 0 Å². The van der Waals surface area contributed by atoms with Gasteiger partial charge in [0.15, 0.2) is 0 Å². The molecule has 0 aliphatic rings. The number of aryl methyl sites for hydroxylation is 1. The quantitative estimate of drug-likeness (QED) is 0.433. The van der Waals surface area contributed by atoms with Crippen molar-refractivity contribution in [1.29, 1.82) is 0 Å². The van der Waals surface area contributed by atoms with Crippen LogP contribution in [-0.4, -0.2) is 13.4 Å². The van der Waals surface area contributed by atoms with Crippen LogP contribution in [0.25, 0.3) is 4.91 Å². The van der Waals surface area contributed by atoms with Crippen LogP contribution in [0.2, 0.25) is 0 Å². The molecule has 0 spiro atoms. The first-order valence-electron chi connectivity index (χ1n) is 4.85. The molecule has 0 N–H and O–H groups in total. The van der Waals surface area contributed by atoms with Crippen LogP contribution < -0.4 is 0 Å². The molecule has 0 radical (unpaired) electrons. The summed E-state index contributed by atoms with van der Waals surface area (Å²) in [5.41, 5.74) is 2.53. The van der Waals surface area contributed by atoms with Crippen LogP contribution in [0.3, 0.4) is 0 Å². The van der Waals surface area contributed by atoms with Crippen molar-refractivity contribution in [3.8, 4) is 0 Å². The molecule has 0 aromatic heterocycles. The maximum atomic E-state index is 4.86. The molecular weight excluding hydrogens is 208 g/mol. The van der Waals surface area contributed by atoms with Crippen LogP contribution in [0.15, 0.2) is 30.5 Å². The number of rotatable bonds is 5. The van der Waals surface area contributed by atoms with E-state index in [2.05, 4.69) is 30.0 Å². The summed E-state index contributed by atoms with van der Waals surface area (Å²) in [5, 5.41) is 0. The molecule has 0 amide bonds. The molecule has 0 fully saturated rings. The summed E-state index contributed by atoms with van der Waals surface area (Å²) in [4.78, 5) is 10.5. The fourth-order valence-corrected chi connectivity index (χ4v) is 1.94. The van der Waals surface area contributed by atoms with Crippen molar-refractivity contribution in [2.75, 3.05) is 13.4 Å². The van der Waals surface area contributed by atoms with Gasteiger partial charge >= 0.3 is 0 Å². The molecule has 0 aliphatic carbocycles. The van der Waals surface area contributed by atoms with Crippen molar-refractivity contribution >= 4 is 16.7 Å². The highest BCUT2D eigenvalue weighted by atomic mass is 32.2. The smallest absolute Gasteiger partial charge is 0.143 e. The third-order valence-electron chi connectivity index (χ3n) is 2.14. The van der Waals surface area contributed by atoms with Gasteiger partial charge in [-0.1, -0.05) is 31.2 Å². The van der Waals surface area contributed by atoms with Crippen molar-refractivity contribution < 1.29 is 9.78 Å². The topological polar surface area (TPSA) is 18.5 Å². The second-order valence-corrected chi connectivity index (χ2v) is 3.81. The first-order valence-corrected chi connectivity index (χ1v) is 6.07. The van der Waals surface area contributed by atoms with E-state index in [1.807, 2.05) is 12.3 Å². The lowest BCUT2D eigenvalue weighted by atomic mass is 10.1. The fraction of sp³-hybridized carbons (Fsp3) is 0.333. The Morgan fingerprint density at radius 2 is 2.13 bits per heavy atom. The molecule has 15 heavy (non-hydrogen) atoms. The molecule has 0 saturated carbocycles. The lowest BCUT2D eigenvalue weighted by Crippen LogP contribution is -1.90. The van der Waals surface area contributed by atoms with E-state index < -0.39 is 0 Å². The monoisotopic (exact) mass is 224 g/mol. The Bertz CT molecular complexity index is 334. The van der Waals surface area contributed by atoms with E-state index in [0.717, 1.165) is 11.3 Å². The molecule has 1 aromatic rings. The molecular formula is C12H16O2S. The highest BCUT2D eigenvalue weighted by molar-refractivity contribution is 8.07. The van der Waals surface area contributed by atoms with Crippen molar-refractivity contribution in [3.63, 3.8) is 0 Å². The molecule has 0 saturated heterocycles. The Morgan fingerprint density at radius 3 is 2.73 bits per heavy atom. The van der Waals surface area contributed by atoms with Gasteiger partial charge in [0.05, 0.1) is 12.0 Å². The average Bonchev–Trinajstić information content (AvgIpc) is 2.30. The molecule has 1 aromatic carbocycles. The second-order valence-electron chi connectivity index (χ2n) is 2.96. The summed E-state index contributed by atoms with van der Waals surface area (Å²) in [7, 11) is 1.50.